The summed E-state index contributed by atoms with van der Waals surface area (Å²) in [6.45, 7) is 11.5. The van der Waals surface area contributed by atoms with Gasteiger partial charge in [0.2, 0.25) is 0 Å². The van der Waals surface area contributed by atoms with Gasteiger partial charge in [0.1, 0.15) is 0 Å². The van der Waals surface area contributed by atoms with Gasteiger partial charge in [0.25, 0.3) is 0 Å². The molecule has 0 aromatic carbocycles. The van der Waals surface area contributed by atoms with Crippen LogP contribution in [-0.2, 0) is 4.74 Å². The second-order valence-electron chi connectivity index (χ2n) is 5.95. The molecule has 0 spiro atoms. The van der Waals surface area contributed by atoms with Crippen LogP contribution in [0.2, 0.25) is 0 Å². The number of hydrogen-bond acceptors (Lipinski definition) is 4. The highest BCUT2D eigenvalue weighted by Gasteiger charge is 2.27. The van der Waals surface area contributed by atoms with Crippen LogP contribution in [0, 0.1) is 0 Å². The Hall–Kier alpha value is -0.160. The van der Waals surface area contributed by atoms with Gasteiger partial charge in [-0.1, -0.05) is 0 Å². The van der Waals surface area contributed by atoms with Crippen LogP contribution in [0.4, 0.5) is 0 Å². The molecule has 4 heteroatoms. The molecule has 0 radical (unpaired) electrons. The van der Waals surface area contributed by atoms with Gasteiger partial charge in [-0.05, 0) is 33.7 Å². The van der Waals surface area contributed by atoms with Gasteiger partial charge in [-0.15, -0.1) is 0 Å². The van der Waals surface area contributed by atoms with E-state index in [9.17, 15) is 0 Å². The summed E-state index contributed by atoms with van der Waals surface area (Å²) in [5.74, 6) is 0. The van der Waals surface area contributed by atoms with Crippen LogP contribution in [0.1, 0.15) is 26.7 Å². The first-order valence-electron chi connectivity index (χ1n) is 7.44. The van der Waals surface area contributed by atoms with Crippen molar-refractivity contribution in [3.05, 3.63) is 0 Å². The Morgan fingerprint density at radius 3 is 2.39 bits per heavy atom. The van der Waals surface area contributed by atoms with Gasteiger partial charge >= 0.3 is 0 Å². The Balaban J connectivity index is 1.71. The molecule has 2 aliphatic heterocycles. The normalized spacial score (nSPS) is 35.0. The van der Waals surface area contributed by atoms with Crippen molar-refractivity contribution in [1.82, 2.24) is 15.1 Å². The molecular formula is C14H29N3O. The Labute approximate surface area is 112 Å². The summed E-state index contributed by atoms with van der Waals surface area (Å²) < 4.78 is 5.82. The molecule has 2 aliphatic rings. The number of nitrogens with one attached hydrogen (secondary N) is 1. The molecule has 2 fully saturated rings. The van der Waals surface area contributed by atoms with E-state index < -0.39 is 0 Å². The van der Waals surface area contributed by atoms with E-state index in [0.29, 0.717) is 18.2 Å². The molecule has 0 aliphatic carbocycles. The van der Waals surface area contributed by atoms with Crippen LogP contribution in [0.25, 0.3) is 0 Å². The number of rotatable bonds is 4. The molecule has 2 unspecified atom stereocenters. The standard InChI is InChI=1S/C14H29N3O/c1-12-10-14(11-13(2)18-12)16(3)8-9-17-6-4-15-5-7-17/h12-15H,4-11H2,1-3H3. The quantitative estimate of drug-likeness (QED) is 0.803. The minimum atomic E-state index is 0.417. The average molecular weight is 255 g/mol. The number of nitrogens with zero attached hydrogens (tertiary/aromatic N) is 2. The Morgan fingerprint density at radius 2 is 1.78 bits per heavy atom. The summed E-state index contributed by atoms with van der Waals surface area (Å²) >= 11 is 0. The van der Waals surface area contributed by atoms with Crippen molar-refractivity contribution >= 4 is 0 Å². The summed E-state index contributed by atoms with van der Waals surface area (Å²) in [7, 11) is 2.28. The maximum absolute atomic E-state index is 5.82. The van der Waals surface area contributed by atoms with Crippen molar-refractivity contribution in [2.75, 3.05) is 46.3 Å². The zero-order valence-corrected chi connectivity index (χ0v) is 12.2. The molecule has 4 nitrogen and oxygen atoms in total. The van der Waals surface area contributed by atoms with E-state index in [1.807, 2.05) is 0 Å². The average Bonchev–Trinajstić information content (AvgIpc) is 2.36. The van der Waals surface area contributed by atoms with E-state index in [4.69, 9.17) is 4.74 Å². The van der Waals surface area contributed by atoms with Crippen LogP contribution in [-0.4, -0.2) is 74.4 Å². The van der Waals surface area contributed by atoms with E-state index in [1.54, 1.807) is 0 Å². The first kappa shape index (κ1) is 14.3. The molecule has 2 rings (SSSR count). The van der Waals surface area contributed by atoms with Crippen LogP contribution >= 0.6 is 0 Å². The van der Waals surface area contributed by atoms with Crippen molar-refractivity contribution in [2.24, 2.45) is 0 Å². The van der Waals surface area contributed by atoms with Gasteiger partial charge < -0.3 is 15.0 Å². The summed E-state index contributed by atoms with van der Waals surface area (Å²) in [4.78, 5) is 5.11. The first-order chi connectivity index (χ1) is 8.65. The summed E-state index contributed by atoms with van der Waals surface area (Å²) in [6.07, 6.45) is 3.20. The maximum Gasteiger partial charge on any atom is 0.0565 e. The minimum Gasteiger partial charge on any atom is -0.375 e. The second kappa shape index (κ2) is 6.85. The molecule has 0 amide bonds. The van der Waals surface area contributed by atoms with Gasteiger partial charge in [-0.3, -0.25) is 4.90 Å². The fraction of sp³-hybridized carbons (Fsp3) is 1.00. The molecule has 2 atom stereocenters. The molecule has 2 saturated heterocycles. The third kappa shape index (κ3) is 4.19. The van der Waals surface area contributed by atoms with Crippen LogP contribution < -0.4 is 5.32 Å². The van der Waals surface area contributed by atoms with Gasteiger partial charge in [-0.25, -0.2) is 0 Å². The lowest BCUT2D eigenvalue weighted by molar-refractivity contribution is -0.0620. The van der Waals surface area contributed by atoms with Crippen molar-refractivity contribution in [2.45, 2.75) is 44.9 Å². The summed E-state index contributed by atoms with van der Waals surface area (Å²) in [5.41, 5.74) is 0. The van der Waals surface area contributed by atoms with Crippen molar-refractivity contribution in [3.8, 4) is 0 Å². The predicted octanol–water partition coefficient (Wildman–Crippen LogP) is 0.779. The summed E-state index contributed by atoms with van der Waals surface area (Å²) in [6, 6.07) is 0.701. The Bertz CT molecular complexity index is 233. The number of likely N-dealkylation sites (N-methyl/N-ethyl adjacent to an activating group) is 1. The maximum atomic E-state index is 5.82. The minimum absolute atomic E-state index is 0.417. The smallest absolute Gasteiger partial charge is 0.0565 e. The van der Waals surface area contributed by atoms with E-state index >= 15 is 0 Å². The van der Waals surface area contributed by atoms with Crippen LogP contribution in [0.5, 0.6) is 0 Å². The number of piperazine rings is 1. The molecule has 18 heavy (non-hydrogen) atoms. The van der Waals surface area contributed by atoms with Crippen molar-refractivity contribution < 1.29 is 4.74 Å². The lowest BCUT2D eigenvalue weighted by atomic mass is 9.98. The highest BCUT2D eigenvalue weighted by Crippen LogP contribution is 2.22. The van der Waals surface area contributed by atoms with E-state index in [-0.39, 0.29) is 0 Å². The highest BCUT2D eigenvalue weighted by atomic mass is 16.5. The zero-order valence-electron chi connectivity index (χ0n) is 12.2. The topological polar surface area (TPSA) is 27.7 Å². The molecular weight excluding hydrogens is 226 g/mol. The van der Waals surface area contributed by atoms with Gasteiger partial charge in [-0.2, -0.15) is 0 Å². The Morgan fingerprint density at radius 1 is 1.17 bits per heavy atom. The lowest BCUT2D eigenvalue weighted by Crippen LogP contribution is -2.48. The van der Waals surface area contributed by atoms with Crippen molar-refractivity contribution in [3.63, 3.8) is 0 Å². The zero-order chi connectivity index (χ0) is 13.0. The molecule has 1 N–H and O–H groups in total. The largest absolute Gasteiger partial charge is 0.375 e. The predicted molar refractivity (Wildman–Crippen MR) is 75.0 cm³/mol. The van der Waals surface area contributed by atoms with Crippen LogP contribution in [0.3, 0.4) is 0 Å². The second-order valence-corrected chi connectivity index (χ2v) is 5.95. The van der Waals surface area contributed by atoms with Crippen molar-refractivity contribution in [1.29, 1.82) is 0 Å². The third-order valence-electron chi connectivity index (χ3n) is 4.27. The van der Waals surface area contributed by atoms with E-state index in [0.717, 1.165) is 13.1 Å². The molecule has 106 valence electrons. The third-order valence-corrected chi connectivity index (χ3v) is 4.27. The SMILES string of the molecule is CC1CC(N(C)CCN2CCNCC2)CC(C)O1. The van der Waals surface area contributed by atoms with Gasteiger partial charge in [0, 0.05) is 45.3 Å². The molecule has 0 bridgehead atoms. The lowest BCUT2D eigenvalue weighted by Gasteiger charge is -2.38. The number of hydrogen-bond donors (Lipinski definition) is 1. The van der Waals surface area contributed by atoms with Gasteiger partial charge in [0.15, 0.2) is 0 Å². The molecule has 2 heterocycles. The molecule has 0 saturated carbocycles. The fourth-order valence-corrected chi connectivity index (χ4v) is 3.15. The fourth-order valence-electron chi connectivity index (χ4n) is 3.15. The highest BCUT2D eigenvalue weighted by molar-refractivity contribution is 4.80. The van der Waals surface area contributed by atoms with Gasteiger partial charge in [0.05, 0.1) is 12.2 Å². The Kier molecular flexibility index (Phi) is 5.42. The first-order valence-corrected chi connectivity index (χ1v) is 7.44. The van der Waals surface area contributed by atoms with Crippen LogP contribution in [0.15, 0.2) is 0 Å². The molecule has 0 aromatic heterocycles. The van der Waals surface area contributed by atoms with E-state index in [2.05, 4.69) is 36.0 Å². The monoisotopic (exact) mass is 255 g/mol. The summed E-state index contributed by atoms with van der Waals surface area (Å²) in [5, 5.41) is 3.41. The number of ether oxygens (including phenoxy) is 1. The van der Waals surface area contributed by atoms with E-state index in [1.165, 1.54) is 39.0 Å². The molecule has 0 aromatic rings.